The van der Waals surface area contributed by atoms with Gasteiger partial charge in [-0.2, -0.15) is 0 Å². The zero-order valence-corrected chi connectivity index (χ0v) is 7.63. The molecule has 2 atom stereocenters. The van der Waals surface area contributed by atoms with Crippen LogP contribution in [0.2, 0.25) is 0 Å². The number of hydrogen-bond donors (Lipinski definition) is 1. The summed E-state index contributed by atoms with van der Waals surface area (Å²) in [4.78, 5) is 0. The van der Waals surface area contributed by atoms with E-state index in [9.17, 15) is 5.11 Å². The van der Waals surface area contributed by atoms with Crippen molar-refractivity contribution in [3.63, 3.8) is 0 Å². The van der Waals surface area contributed by atoms with Gasteiger partial charge in [-0.15, -0.1) is 10.2 Å². The summed E-state index contributed by atoms with van der Waals surface area (Å²) < 4.78 is 1.93. The lowest BCUT2D eigenvalue weighted by atomic mass is 10.1. The molecule has 0 amide bonds. The van der Waals surface area contributed by atoms with Gasteiger partial charge in [-0.1, -0.05) is 19.3 Å². The largest absolute Gasteiger partial charge is 0.391 e. The molecule has 1 N–H and O–H groups in total. The van der Waals surface area contributed by atoms with E-state index in [1.165, 1.54) is 12.8 Å². The Morgan fingerprint density at radius 3 is 2.54 bits per heavy atom. The predicted molar refractivity (Wildman–Crippen MR) is 48.2 cm³/mol. The summed E-state index contributed by atoms with van der Waals surface area (Å²) >= 11 is 0. The third-order valence-corrected chi connectivity index (χ3v) is 2.76. The number of hydrogen-bond acceptors (Lipinski definition) is 3. The summed E-state index contributed by atoms with van der Waals surface area (Å²) in [6.45, 7) is 0. The third-order valence-electron chi connectivity index (χ3n) is 2.76. The van der Waals surface area contributed by atoms with Crippen molar-refractivity contribution in [2.45, 2.75) is 44.2 Å². The van der Waals surface area contributed by atoms with Gasteiger partial charge in [-0.3, -0.25) is 0 Å². The van der Waals surface area contributed by atoms with Gasteiger partial charge in [-0.05, 0) is 12.8 Å². The van der Waals surface area contributed by atoms with Gasteiger partial charge in [0, 0.05) is 0 Å². The summed E-state index contributed by atoms with van der Waals surface area (Å²) in [5.41, 5.74) is 0. The first-order valence-corrected chi connectivity index (χ1v) is 4.90. The Bertz CT molecular complexity index is 247. The van der Waals surface area contributed by atoms with E-state index in [4.69, 9.17) is 0 Å². The van der Waals surface area contributed by atoms with Crippen LogP contribution in [0.25, 0.3) is 0 Å². The van der Waals surface area contributed by atoms with Crippen LogP contribution in [0.15, 0.2) is 12.7 Å². The zero-order chi connectivity index (χ0) is 9.10. The summed E-state index contributed by atoms with van der Waals surface area (Å²) in [5.74, 6) is 0. The van der Waals surface area contributed by atoms with Crippen LogP contribution in [0.4, 0.5) is 0 Å². The Hall–Kier alpha value is -0.900. The first-order valence-electron chi connectivity index (χ1n) is 4.90. The van der Waals surface area contributed by atoms with Crippen molar-refractivity contribution in [1.29, 1.82) is 0 Å². The Morgan fingerprint density at radius 2 is 1.77 bits per heavy atom. The van der Waals surface area contributed by atoms with Gasteiger partial charge in [0.15, 0.2) is 0 Å². The molecule has 0 aromatic carbocycles. The molecule has 4 heteroatoms. The maximum atomic E-state index is 9.84. The number of rotatable bonds is 1. The molecule has 1 fully saturated rings. The minimum atomic E-state index is -0.224. The van der Waals surface area contributed by atoms with Crippen molar-refractivity contribution < 1.29 is 5.11 Å². The smallest absolute Gasteiger partial charge is 0.119 e. The molecule has 0 saturated heterocycles. The van der Waals surface area contributed by atoms with Crippen LogP contribution in [0.3, 0.4) is 0 Å². The maximum absolute atomic E-state index is 9.84. The normalized spacial score (nSPS) is 29.9. The second kappa shape index (κ2) is 3.87. The fourth-order valence-corrected chi connectivity index (χ4v) is 2.00. The fraction of sp³-hybridized carbons (Fsp3) is 0.778. The fourth-order valence-electron chi connectivity index (χ4n) is 2.00. The molecule has 2 rings (SSSR count). The molecule has 1 saturated carbocycles. The van der Waals surface area contributed by atoms with Gasteiger partial charge in [0.25, 0.3) is 0 Å². The number of nitrogens with zero attached hydrogens (tertiary/aromatic N) is 3. The first-order chi connectivity index (χ1) is 6.38. The first kappa shape index (κ1) is 8.69. The van der Waals surface area contributed by atoms with Crippen LogP contribution in [-0.2, 0) is 0 Å². The molecule has 1 heterocycles. The van der Waals surface area contributed by atoms with Crippen molar-refractivity contribution in [1.82, 2.24) is 14.8 Å². The van der Waals surface area contributed by atoms with E-state index in [0.29, 0.717) is 0 Å². The molecule has 4 nitrogen and oxygen atoms in total. The molecule has 1 aliphatic rings. The SMILES string of the molecule is OC1CCCCCC1n1cnnc1. The van der Waals surface area contributed by atoms with Crippen LogP contribution in [-0.4, -0.2) is 26.0 Å². The summed E-state index contributed by atoms with van der Waals surface area (Å²) in [5, 5.41) is 17.4. The minimum absolute atomic E-state index is 0.192. The van der Waals surface area contributed by atoms with Crippen LogP contribution in [0.5, 0.6) is 0 Å². The Kier molecular flexibility index (Phi) is 2.59. The van der Waals surface area contributed by atoms with Gasteiger partial charge in [0.2, 0.25) is 0 Å². The molecular weight excluding hydrogens is 166 g/mol. The van der Waals surface area contributed by atoms with E-state index < -0.39 is 0 Å². The standard InChI is InChI=1S/C9H15N3O/c13-9-5-3-1-2-4-8(9)12-6-10-11-7-12/h6-9,13H,1-5H2. The Balaban J connectivity index is 2.11. The molecule has 1 aliphatic carbocycles. The van der Waals surface area contributed by atoms with Gasteiger partial charge in [0.05, 0.1) is 12.1 Å². The summed E-state index contributed by atoms with van der Waals surface area (Å²) in [6.07, 6.45) is 8.68. The van der Waals surface area contributed by atoms with E-state index >= 15 is 0 Å². The monoisotopic (exact) mass is 181 g/mol. The van der Waals surface area contributed by atoms with E-state index in [1.807, 2.05) is 4.57 Å². The molecule has 1 aromatic heterocycles. The average molecular weight is 181 g/mol. The molecule has 72 valence electrons. The van der Waals surface area contributed by atoms with Crippen molar-refractivity contribution >= 4 is 0 Å². The van der Waals surface area contributed by atoms with Gasteiger partial charge in [0.1, 0.15) is 12.7 Å². The minimum Gasteiger partial charge on any atom is -0.391 e. The number of aliphatic hydroxyl groups excluding tert-OH is 1. The van der Waals surface area contributed by atoms with Crippen molar-refractivity contribution in [2.24, 2.45) is 0 Å². The molecule has 2 unspecified atom stereocenters. The van der Waals surface area contributed by atoms with E-state index in [1.54, 1.807) is 12.7 Å². The quantitative estimate of drug-likeness (QED) is 0.661. The van der Waals surface area contributed by atoms with E-state index in [2.05, 4.69) is 10.2 Å². The average Bonchev–Trinajstić information content (AvgIpc) is 2.56. The van der Waals surface area contributed by atoms with Crippen LogP contribution >= 0.6 is 0 Å². The van der Waals surface area contributed by atoms with Crippen LogP contribution in [0.1, 0.15) is 38.1 Å². The second-order valence-electron chi connectivity index (χ2n) is 3.68. The van der Waals surface area contributed by atoms with Gasteiger partial charge >= 0.3 is 0 Å². The molecule has 0 bridgehead atoms. The highest BCUT2D eigenvalue weighted by molar-refractivity contribution is 4.80. The maximum Gasteiger partial charge on any atom is 0.119 e. The Labute approximate surface area is 77.6 Å². The third kappa shape index (κ3) is 1.88. The lowest BCUT2D eigenvalue weighted by Crippen LogP contribution is -2.21. The van der Waals surface area contributed by atoms with Crippen molar-refractivity contribution in [3.05, 3.63) is 12.7 Å². The van der Waals surface area contributed by atoms with Crippen molar-refractivity contribution in [3.8, 4) is 0 Å². The zero-order valence-electron chi connectivity index (χ0n) is 7.63. The highest BCUT2D eigenvalue weighted by Crippen LogP contribution is 2.26. The highest BCUT2D eigenvalue weighted by Gasteiger charge is 2.22. The van der Waals surface area contributed by atoms with E-state index in [0.717, 1.165) is 19.3 Å². The summed E-state index contributed by atoms with van der Waals surface area (Å²) in [6, 6.07) is 0.192. The lowest BCUT2D eigenvalue weighted by Gasteiger charge is -2.20. The van der Waals surface area contributed by atoms with Crippen molar-refractivity contribution in [2.75, 3.05) is 0 Å². The highest BCUT2D eigenvalue weighted by atomic mass is 16.3. The van der Waals surface area contributed by atoms with Gasteiger partial charge in [-0.25, -0.2) is 0 Å². The van der Waals surface area contributed by atoms with Gasteiger partial charge < -0.3 is 9.67 Å². The molecule has 0 spiro atoms. The van der Waals surface area contributed by atoms with E-state index in [-0.39, 0.29) is 12.1 Å². The predicted octanol–water partition coefficient (Wildman–Crippen LogP) is 1.14. The second-order valence-corrected chi connectivity index (χ2v) is 3.68. The number of aromatic nitrogens is 3. The number of aliphatic hydroxyl groups is 1. The summed E-state index contributed by atoms with van der Waals surface area (Å²) in [7, 11) is 0. The topological polar surface area (TPSA) is 50.9 Å². The molecule has 13 heavy (non-hydrogen) atoms. The van der Waals surface area contributed by atoms with Crippen LogP contribution < -0.4 is 0 Å². The molecule has 0 radical (unpaired) electrons. The lowest BCUT2D eigenvalue weighted by molar-refractivity contribution is 0.105. The molecular formula is C9H15N3O. The molecule has 1 aromatic rings. The molecule has 0 aliphatic heterocycles. The Morgan fingerprint density at radius 1 is 1.08 bits per heavy atom. The van der Waals surface area contributed by atoms with Crippen LogP contribution in [0, 0.1) is 0 Å².